The fourth-order valence-corrected chi connectivity index (χ4v) is 2.87. The van der Waals surface area contributed by atoms with Gasteiger partial charge >= 0.3 is 6.03 Å². The van der Waals surface area contributed by atoms with Crippen LogP contribution in [0.3, 0.4) is 0 Å². The maximum absolute atomic E-state index is 12.0. The number of carbonyl (C=O) groups is 2. The minimum absolute atomic E-state index is 0.115. The summed E-state index contributed by atoms with van der Waals surface area (Å²) >= 11 is 1.56. The van der Waals surface area contributed by atoms with Crippen molar-refractivity contribution in [1.29, 1.82) is 0 Å². The molecule has 1 atom stereocenters. The number of thiazole rings is 1. The van der Waals surface area contributed by atoms with E-state index in [1.54, 1.807) is 29.5 Å². The van der Waals surface area contributed by atoms with Crippen LogP contribution in [0.25, 0.3) is 0 Å². The lowest BCUT2D eigenvalue weighted by molar-refractivity contribution is 0.0955. The Labute approximate surface area is 145 Å². The normalized spacial score (nSPS) is 11.6. The molecule has 0 bridgehead atoms. The fraction of sp³-hybridized carbons (Fsp3) is 0.353. The number of aryl methyl sites for hydroxylation is 1. The number of benzene rings is 1. The van der Waals surface area contributed by atoms with E-state index in [-0.39, 0.29) is 18.0 Å². The minimum atomic E-state index is -0.267. The van der Waals surface area contributed by atoms with Crippen LogP contribution in [0.1, 0.15) is 46.5 Å². The van der Waals surface area contributed by atoms with Crippen LogP contribution in [0.5, 0.6) is 0 Å². The van der Waals surface area contributed by atoms with E-state index in [0.29, 0.717) is 18.7 Å². The maximum Gasteiger partial charge on any atom is 0.315 e. The molecule has 0 saturated heterocycles. The van der Waals surface area contributed by atoms with Gasteiger partial charge in [0.15, 0.2) is 0 Å². The Morgan fingerprint density at radius 3 is 2.75 bits per heavy atom. The molecular formula is C17H22N4O2S. The molecule has 2 rings (SSSR count). The largest absolute Gasteiger partial charge is 0.352 e. The van der Waals surface area contributed by atoms with E-state index in [2.05, 4.69) is 20.9 Å². The lowest BCUT2D eigenvalue weighted by Crippen LogP contribution is -2.36. The second-order valence-electron chi connectivity index (χ2n) is 5.40. The number of hydrogen-bond acceptors (Lipinski definition) is 4. The molecule has 0 aliphatic rings. The molecule has 1 aromatic heterocycles. The first-order valence-electron chi connectivity index (χ1n) is 7.83. The van der Waals surface area contributed by atoms with Crippen LogP contribution >= 0.6 is 11.3 Å². The Bertz CT molecular complexity index is 714. The molecule has 3 N–H and O–H groups in total. The first-order valence-corrected chi connectivity index (χ1v) is 8.71. The van der Waals surface area contributed by atoms with Crippen molar-refractivity contribution >= 4 is 23.3 Å². The third-order valence-corrected chi connectivity index (χ3v) is 4.20. The molecule has 3 amide bonds. The third-order valence-electron chi connectivity index (χ3n) is 3.41. The Hall–Kier alpha value is -2.41. The Kier molecular flexibility index (Phi) is 6.31. The number of rotatable bonds is 6. The van der Waals surface area contributed by atoms with Crippen LogP contribution in [-0.4, -0.2) is 23.5 Å². The van der Waals surface area contributed by atoms with E-state index in [1.807, 2.05) is 32.2 Å². The number of hydrogen-bond donors (Lipinski definition) is 3. The standard InChI is InChI=1S/C17H22N4O2S/c1-4-18-16(22)14-7-5-6-13(8-14)9-19-17(23)20-11(2)15-10-24-12(3)21-15/h5-8,10-11H,4,9H2,1-3H3,(H,18,22)(H2,19,20,23)/t11-/m1/s1. The zero-order chi connectivity index (χ0) is 17.5. The molecule has 0 radical (unpaired) electrons. The van der Waals surface area contributed by atoms with E-state index in [1.165, 1.54) is 0 Å². The van der Waals surface area contributed by atoms with Gasteiger partial charge in [-0.15, -0.1) is 11.3 Å². The predicted molar refractivity (Wildman–Crippen MR) is 95.1 cm³/mol. The van der Waals surface area contributed by atoms with Gasteiger partial charge < -0.3 is 16.0 Å². The second-order valence-corrected chi connectivity index (χ2v) is 6.46. The van der Waals surface area contributed by atoms with Gasteiger partial charge in [-0.1, -0.05) is 12.1 Å². The fourth-order valence-electron chi connectivity index (χ4n) is 2.17. The average molecular weight is 346 g/mol. The summed E-state index contributed by atoms with van der Waals surface area (Å²) < 4.78 is 0. The van der Waals surface area contributed by atoms with Crippen molar-refractivity contribution in [1.82, 2.24) is 20.9 Å². The summed E-state index contributed by atoms with van der Waals surface area (Å²) in [6.45, 7) is 6.63. The van der Waals surface area contributed by atoms with Gasteiger partial charge in [0, 0.05) is 24.0 Å². The first-order chi connectivity index (χ1) is 11.5. The highest BCUT2D eigenvalue weighted by Gasteiger charge is 2.12. The smallest absolute Gasteiger partial charge is 0.315 e. The molecule has 0 saturated carbocycles. The summed E-state index contributed by atoms with van der Waals surface area (Å²) in [6.07, 6.45) is 0. The molecule has 0 spiro atoms. The van der Waals surface area contributed by atoms with Gasteiger partial charge in [-0.2, -0.15) is 0 Å². The van der Waals surface area contributed by atoms with E-state index >= 15 is 0 Å². The van der Waals surface area contributed by atoms with Crippen molar-refractivity contribution in [2.45, 2.75) is 33.4 Å². The highest BCUT2D eigenvalue weighted by atomic mass is 32.1. The number of nitrogens with one attached hydrogen (secondary N) is 3. The topological polar surface area (TPSA) is 83.1 Å². The first kappa shape index (κ1) is 17.9. The summed E-state index contributed by atoms with van der Waals surface area (Å²) in [7, 11) is 0. The molecular weight excluding hydrogens is 324 g/mol. The minimum Gasteiger partial charge on any atom is -0.352 e. The van der Waals surface area contributed by atoms with Gasteiger partial charge in [0.1, 0.15) is 0 Å². The van der Waals surface area contributed by atoms with Crippen molar-refractivity contribution < 1.29 is 9.59 Å². The van der Waals surface area contributed by atoms with Crippen LogP contribution in [0, 0.1) is 6.92 Å². The summed E-state index contributed by atoms with van der Waals surface area (Å²) in [5.74, 6) is -0.115. The Balaban J connectivity index is 1.87. The van der Waals surface area contributed by atoms with Crippen LogP contribution in [-0.2, 0) is 6.54 Å². The molecule has 0 aliphatic heterocycles. The van der Waals surface area contributed by atoms with E-state index < -0.39 is 0 Å². The van der Waals surface area contributed by atoms with Gasteiger partial charge in [-0.25, -0.2) is 9.78 Å². The van der Waals surface area contributed by atoms with Crippen LogP contribution in [0.15, 0.2) is 29.6 Å². The summed E-state index contributed by atoms with van der Waals surface area (Å²) in [6, 6.07) is 6.78. The van der Waals surface area contributed by atoms with Crippen molar-refractivity contribution in [2.75, 3.05) is 6.54 Å². The summed E-state index contributed by atoms with van der Waals surface area (Å²) in [5, 5.41) is 11.3. The monoisotopic (exact) mass is 346 g/mol. The molecule has 7 heteroatoms. The number of aromatic nitrogens is 1. The summed E-state index contributed by atoms with van der Waals surface area (Å²) in [5.41, 5.74) is 2.31. The molecule has 2 aromatic rings. The van der Waals surface area contributed by atoms with Gasteiger partial charge in [0.25, 0.3) is 5.91 Å². The van der Waals surface area contributed by atoms with Crippen molar-refractivity contribution in [3.63, 3.8) is 0 Å². The third kappa shape index (κ3) is 5.06. The SMILES string of the molecule is CCNC(=O)c1cccc(CNC(=O)N[C@H](C)c2csc(C)n2)c1. The summed E-state index contributed by atoms with van der Waals surface area (Å²) in [4.78, 5) is 28.2. The van der Waals surface area contributed by atoms with Crippen molar-refractivity contribution in [3.05, 3.63) is 51.5 Å². The van der Waals surface area contributed by atoms with Crippen LogP contribution in [0.2, 0.25) is 0 Å². The maximum atomic E-state index is 12.0. The van der Waals surface area contributed by atoms with Gasteiger partial charge in [-0.05, 0) is 38.5 Å². The van der Waals surface area contributed by atoms with E-state index in [4.69, 9.17) is 0 Å². The van der Waals surface area contributed by atoms with Crippen LogP contribution < -0.4 is 16.0 Å². The molecule has 0 unspecified atom stereocenters. The number of urea groups is 1. The molecule has 128 valence electrons. The zero-order valence-corrected chi connectivity index (χ0v) is 14.9. The highest BCUT2D eigenvalue weighted by Crippen LogP contribution is 2.15. The van der Waals surface area contributed by atoms with Gasteiger partial charge in [0.2, 0.25) is 0 Å². The molecule has 1 heterocycles. The van der Waals surface area contributed by atoms with Gasteiger partial charge in [-0.3, -0.25) is 4.79 Å². The number of carbonyl (C=O) groups excluding carboxylic acids is 2. The van der Waals surface area contributed by atoms with Crippen molar-refractivity contribution in [3.8, 4) is 0 Å². The molecule has 24 heavy (non-hydrogen) atoms. The molecule has 0 aliphatic carbocycles. The van der Waals surface area contributed by atoms with Crippen LogP contribution in [0.4, 0.5) is 4.79 Å². The van der Waals surface area contributed by atoms with Gasteiger partial charge in [0.05, 0.1) is 16.7 Å². The van der Waals surface area contributed by atoms with E-state index in [9.17, 15) is 9.59 Å². The van der Waals surface area contributed by atoms with E-state index in [0.717, 1.165) is 16.3 Å². The zero-order valence-electron chi connectivity index (χ0n) is 14.1. The Morgan fingerprint density at radius 1 is 1.29 bits per heavy atom. The highest BCUT2D eigenvalue weighted by molar-refractivity contribution is 7.09. The second kappa shape index (κ2) is 8.44. The average Bonchev–Trinajstić information content (AvgIpc) is 3.00. The Morgan fingerprint density at radius 2 is 2.08 bits per heavy atom. The number of amides is 3. The predicted octanol–water partition coefficient (Wildman–Crippen LogP) is 2.76. The number of nitrogens with zero attached hydrogens (tertiary/aromatic N) is 1. The lowest BCUT2D eigenvalue weighted by Gasteiger charge is -2.13. The molecule has 0 fully saturated rings. The van der Waals surface area contributed by atoms with Crippen molar-refractivity contribution in [2.24, 2.45) is 0 Å². The molecule has 1 aromatic carbocycles. The quantitative estimate of drug-likeness (QED) is 0.752. The lowest BCUT2D eigenvalue weighted by atomic mass is 10.1. The molecule has 6 nitrogen and oxygen atoms in total.